The lowest BCUT2D eigenvalue weighted by Gasteiger charge is -2.09. The lowest BCUT2D eigenvalue weighted by molar-refractivity contribution is -0.137. The van der Waals surface area contributed by atoms with Crippen LogP contribution < -0.4 is 4.72 Å². The monoisotopic (exact) mass is 329 g/mol. The van der Waals surface area contributed by atoms with E-state index in [1.165, 1.54) is 24.3 Å². The largest absolute Gasteiger partial charge is 0.416 e. The number of sulfonamides is 1. The summed E-state index contributed by atoms with van der Waals surface area (Å²) in [6.07, 6.45) is -4.40. The molecule has 0 aliphatic rings. The molecule has 0 fully saturated rings. The Hall–Kier alpha value is -1.86. The molecule has 118 valence electrons. The molecular weight excluding hydrogens is 315 g/mol. The first-order valence-electron chi connectivity index (χ1n) is 6.41. The molecule has 1 N–H and O–H groups in total. The van der Waals surface area contributed by atoms with Crippen LogP contribution in [0.1, 0.15) is 16.7 Å². The maximum absolute atomic E-state index is 12.4. The molecule has 0 atom stereocenters. The van der Waals surface area contributed by atoms with Crippen molar-refractivity contribution in [1.29, 1.82) is 0 Å². The van der Waals surface area contributed by atoms with Crippen molar-refractivity contribution in [2.75, 3.05) is 0 Å². The minimum absolute atomic E-state index is 0.0751. The van der Waals surface area contributed by atoms with E-state index in [1.807, 2.05) is 6.92 Å². The van der Waals surface area contributed by atoms with Gasteiger partial charge in [-0.15, -0.1) is 0 Å². The molecular formula is C15H14F3NO2S. The third-order valence-electron chi connectivity index (χ3n) is 3.08. The number of alkyl halides is 3. The summed E-state index contributed by atoms with van der Waals surface area (Å²) in [7, 11) is -3.69. The Morgan fingerprint density at radius 1 is 0.955 bits per heavy atom. The Bertz CT molecular complexity index is 736. The topological polar surface area (TPSA) is 46.2 Å². The number of hydrogen-bond acceptors (Lipinski definition) is 2. The fourth-order valence-electron chi connectivity index (χ4n) is 1.79. The molecule has 2 aromatic carbocycles. The summed E-state index contributed by atoms with van der Waals surface area (Å²) in [6, 6.07) is 10.7. The molecule has 0 aliphatic carbocycles. The van der Waals surface area contributed by atoms with Gasteiger partial charge in [-0.25, -0.2) is 13.1 Å². The number of hydrogen-bond donors (Lipinski definition) is 1. The van der Waals surface area contributed by atoms with Crippen LogP contribution in [0.25, 0.3) is 0 Å². The van der Waals surface area contributed by atoms with Gasteiger partial charge >= 0.3 is 6.18 Å². The summed E-state index contributed by atoms with van der Waals surface area (Å²) in [4.78, 5) is 0.116. The van der Waals surface area contributed by atoms with Crippen LogP contribution in [0.3, 0.4) is 0 Å². The van der Waals surface area contributed by atoms with Gasteiger partial charge in [-0.1, -0.05) is 29.8 Å². The van der Waals surface area contributed by atoms with Crippen molar-refractivity contribution in [3.63, 3.8) is 0 Å². The van der Waals surface area contributed by atoms with Gasteiger partial charge in [0.2, 0.25) is 10.0 Å². The summed E-state index contributed by atoms with van der Waals surface area (Å²) in [5, 5.41) is 0. The standard InChI is InChI=1S/C15H14F3NO2S/c1-11-2-8-14(9-3-11)22(20,21)19-10-12-4-6-13(7-5-12)15(16,17)18/h2-9,19H,10H2,1H3. The fourth-order valence-corrected chi connectivity index (χ4v) is 2.81. The molecule has 2 rings (SSSR count). The molecule has 0 unspecified atom stereocenters. The van der Waals surface area contributed by atoms with E-state index in [4.69, 9.17) is 0 Å². The lowest BCUT2D eigenvalue weighted by Crippen LogP contribution is -2.23. The first-order chi connectivity index (χ1) is 10.2. The predicted molar refractivity (Wildman–Crippen MR) is 76.6 cm³/mol. The molecule has 0 spiro atoms. The highest BCUT2D eigenvalue weighted by atomic mass is 32.2. The summed E-state index contributed by atoms with van der Waals surface area (Å²) in [5.74, 6) is 0. The maximum atomic E-state index is 12.4. The molecule has 0 saturated carbocycles. The Kier molecular flexibility index (Phi) is 4.58. The lowest BCUT2D eigenvalue weighted by atomic mass is 10.1. The third-order valence-corrected chi connectivity index (χ3v) is 4.50. The average Bonchev–Trinajstić information content (AvgIpc) is 2.45. The molecule has 0 heterocycles. The van der Waals surface area contributed by atoms with Crippen LogP contribution in [0, 0.1) is 6.92 Å². The van der Waals surface area contributed by atoms with E-state index in [0.29, 0.717) is 5.56 Å². The Balaban J connectivity index is 2.07. The molecule has 0 amide bonds. The third kappa shape index (κ3) is 4.08. The summed E-state index contributed by atoms with van der Waals surface area (Å²) >= 11 is 0. The van der Waals surface area contributed by atoms with Crippen molar-refractivity contribution in [2.24, 2.45) is 0 Å². The number of nitrogens with one attached hydrogen (secondary N) is 1. The molecule has 2 aromatic rings. The van der Waals surface area contributed by atoms with E-state index < -0.39 is 21.8 Å². The van der Waals surface area contributed by atoms with Crippen LogP contribution >= 0.6 is 0 Å². The van der Waals surface area contributed by atoms with Crippen LogP contribution in [0.4, 0.5) is 13.2 Å². The summed E-state index contributed by atoms with van der Waals surface area (Å²) in [6.45, 7) is 1.76. The summed E-state index contributed by atoms with van der Waals surface area (Å²) in [5.41, 5.74) is 0.614. The quantitative estimate of drug-likeness (QED) is 0.933. The van der Waals surface area contributed by atoms with Crippen molar-refractivity contribution in [3.8, 4) is 0 Å². The molecule has 0 radical (unpaired) electrons. The van der Waals surface area contributed by atoms with Gasteiger partial charge in [-0.3, -0.25) is 0 Å². The van der Waals surface area contributed by atoms with E-state index >= 15 is 0 Å². The molecule has 7 heteroatoms. The highest BCUT2D eigenvalue weighted by molar-refractivity contribution is 7.89. The Labute approximate surface area is 126 Å². The van der Waals surface area contributed by atoms with E-state index in [0.717, 1.165) is 17.7 Å². The van der Waals surface area contributed by atoms with Gasteiger partial charge < -0.3 is 0 Å². The normalized spacial score (nSPS) is 12.4. The smallest absolute Gasteiger partial charge is 0.207 e. The molecule has 0 aliphatic heterocycles. The molecule has 3 nitrogen and oxygen atoms in total. The van der Waals surface area contributed by atoms with Crippen molar-refractivity contribution < 1.29 is 21.6 Å². The van der Waals surface area contributed by atoms with Crippen molar-refractivity contribution in [1.82, 2.24) is 4.72 Å². The zero-order valence-electron chi connectivity index (χ0n) is 11.7. The maximum Gasteiger partial charge on any atom is 0.416 e. The number of rotatable bonds is 4. The average molecular weight is 329 g/mol. The minimum atomic E-state index is -4.40. The predicted octanol–water partition coefficient (Wildman–Crippen LogP) is 3.49. The SMILES string of the molecule is Cc1ccc(S(=O)(=O)NCc2ccc(C(F)(F)F)cc2)cc1. The van der Waals surface area contributed by atoms with E-state index in [-0.39, 0.29) is 11.4 Å². The highest BCUT2D eigenvalue weighted by Gasteiger charge is 2.29. The fraction of sp³-hybridized carbons (Fsp3) is 0.200. The molecule has 0 aromatic heterocycles. The zero-order chi connectivity index (χ0) is 16.4. The van der Waals surface area contributed by atoms with Crippen molar-refractivity contribution in [3.05, 3.63) is 65.2 Å². The van der Waals surface area contributed by atoms with E-state index in [9.17, 15) is 21.6 Å². The van der Waals surface area contributed by atoms with Crippen LogP contribution in [-0.2, 0) is 22.7 Å². The minimum Gasteiger partial charge on any atom is -0.207 e. The number of benzene rings is 2. The van der Waals surface area contributed by atoms with Gasteiger partial charge in [0, 0.05) is 6.54 Å². The van der Waals surface area contributed by atoms with Crippen molar-refractivity contribution >= 4 is 10.0 Å². The molecule has 22 heavy (non-hydrogen) atoms. The second-order valence-corrected chi connectivity index (χ2v) is 6.60. The zero-order valence-corrected chi connectivity index (χ0v) is 12.5. The number of halogens is 3. The Morgan fingerprint density at radius 3 is 2.00 bits per heavy atom. The van der Waals surface area contributed by atoms with Crippen LogP contribution in [0.5, 0.6) is 0 Å². The van der Waals surface area contributed by atoms with E-state index in [2.05, 4.69) is 4.72 Å². The first kappa shape index (κ1) is 16.5. The highest BCUT2D eigenvalue weighted by Crippen LogP contribution is 2.29. The van der Waals surface area contributed by atoms with E-state index in [1.54, 1.807) is 12.1 Å². The van der Waals surface area contributed by atoms with Crippen LogP contribution in [0.2, 0.25) is 0 Å². The van der Waals surface area contributed by atoms with Crippen LogP contribution in [-0.4, -0.2) is 8.42 Å². The van der Waals surface area contributed by atoms with Gasteiger partial charge in [0.05, 0.1) is 10.5 Å². The second kappa shape index (κ2) is 6.10. The van der Waals surface area contributed by atoms with Gasteiger partial charge in [0.1, 0.15) is 0 Å². The molecule has 0 bridgehead atoms. The van der Waals surface area contributed by atoms with Gasteiger partial charge in [0.25, 0.3) is 0 Å². The second-order valence-electron chi connectivity index (χ2n) is 4.83. The van der Waals surface area contributed by atoms with Gasteiger partial charge in [-0.2, -0.15) is 13.2 Å². The Morgan fingerprint density at radius 2 is 1.50 bits per heavy atom. The first-order valence-corrected chi connectivity index (χ1v) is 7.89. The van der Waals surface area contributed by atoms with Gasteiger partial charge in [0.15, 0.2) is 0 Å². The summed E-state index contributed by atoms with van der Waals surface area (Å²) < 4.78 is 63.8. The number of aryl methyl sites for hydroxylation is 1. The molecule has 0 saturated heterocycles. The van der Waals surface area contributed by atoms with Crippen LogP contribution in [0.15, 0.2) is 53.4 Å². The van der Waals surface area contributed by atoms with Gasteiger partial charge in [-0.05, 0) is 36.8 Å². The van der Waals surface area contributed by atoms with Crippen molar-refractivity contribution in [2.45, 2.75) is 24.5 Å².